The molecule has 1 aromatic carbocycles. The summed E-state index contributed by atoms with van der Waals surface area (Å²) in [5.74, 6) is 0.609. The molecule has 3 nitrogen and oxygen atoms in total. The van der Waals surface area contributed by atoms with Crippen molar-refractivity contribution < 1.29 is 4.74 Å². The first-order chi connectivity index (χ1) is 10.2. The van der Waals surface area contributed by atoms with Gasteiger partial charge in [0.15, 0.2) is 0 Å². The number of fused-ring (bicyclic) bond motifs is 1. The fraction of sp³-hybridized carbons (Fsp3) is 0.471. The van der Waals surface area contributed by atoms with Crippen LogP contribution >= 0.6 is 11.6 Å². The third-order valence-electron chi connectivity index (χ3n) is 4.76. The van der Waals surface area contributed by atoms with E-state index in [0.29, 0.717) is 12.4 Å². The van der Waals surface area contributed by atoms with Crippen LogP contribution in [0, 0.1) is 0 Å². The van der Waals surface area contributed by atoms with Crippen molar-refractivity contribution in [2.24, 2.45) is 5.73 Å². The van der Waals surface area contributed by atoms with E-state index in [0.717, 1.165) is 28.8 Å². The zero-order valence-corrected chi connectivity index (χ0v) is 13.1. The molecule has 0 unspecified atom stereocenters. The summed E-state index contributed by atoms with van der Waals surface area (Å²) in [6, 6.07) is 7.98. The van der Waals surface area contributed by atoms with E-state index in [4.69, 9.17) is 22.1 Å². The maximum Gasteiger partial charge on any atom is 0.213 e. The molecule has 1 aliphatic rings. The number of nitrogens with two attached hydrogens (primary N) is 1. The van der Waals surface area contributed by atoms with E-state index in [-0.39, 0.29) is 5.41 Å². The van der Waals surface area contributed by atoms with Crippen LogP contribution in [0.1, 0.15) is 37.7 Å². The number of rotatable bonds is 3. The van der Waals surface area contributed by atoms with Crippen LogP contribution in [0.2, 0.25) is 5.02 Å². The molecule has 112 valence electrons. The molecule has 2 aromatic rings. The Balaban J connectivity index is 2.13. The molecule has 0 amide bonds. The fourth-order valence-electron chi connectivity index (χ4n) is 3.48. The average Bonchev–Trinajstić information content (AvgIpc) is 2.55. The van der Waals surface area contributed by atoms with Crippen LogP contribution in [0.15, 0.2) is 24.3 Å². The standard InChI is InChI=1S/C17H21ClN2O/c1-21-15-8-5-12-14(20-15)7-6-13(16(12)18)17(11-19)9-3-2-4-10-17/h5-8H,2-4,9-11,19H2,1H3. The van der Waals surface area contributed by atoms with E-state index in [1.807, 2.05) is 18.2 Å². The molecule has 3 rings (SSSR count). The molecule has 0 atom stereocenters. The van der Waals surface area contributed by atoms with Crippen LogP contribution in [-0.2, 0) is 5.41 Å². The summed E-state index contributed by atoms with van der Waals surface area (Å²) in [5, 5.41) is 1.78. The van der Waals surface area contributed by atoms with E-state index in [1.54, 1.807) is 7.11 Å². The van der Waals surface area contributed by atoms with Crippen molar-refractivity contribution in [3.8, 4) is 5.88 Å². The van der Waals surface area contributed by atoms with Gasteiger partial charge in [0, 0.05) is 23.4 Å². The normalized spacial score (nSPS) is 17.9. The number of pyridine rings is 1. The van der Waals surface area contributed by atoms with Crippen LogP contribution in [0.3, 0.4) is 0 Å². The maximum atomic E-state index is 6.70. The van der Waals surface area contributed by atoms with Crippen molar-refractivity contribution in [3.05, 3.63) is 34.9 Å². The first-order valence-electron chi connectivity index (χ1n) is 7.54. The summed E-state index contributed by atoms with van der Waals surface area (Å²) in [6.45, 7) is 0.655. The average molecular weight is 305 g/mol. The SMILES string of the molecule is COc1ccc2c(Cl)c(C3(CN)CCCCC3)ccc2n1. The highest BCUT2D eigenvalue weighted by Crippen LogP contribution is 2.43. The number of nitrogens with zero attached hydrogens (tertiary/aromatic N) is 1. The highest BCUT2D eigenvalue weighted by Gasteiger charge is 2.34. The lowest BCUT2D eigenvalue weighted by Crippen LogP contribution is -2.37. The molecule has 1 fully saturated rings. The van der Waals surface area contributed by atoms with Gasteiger partial charge in [-0.15, -0.1) is 0 Å². The van der Waals surface area contributed by atoms with Crippen molar-refractivity contribution in [1.82, 2.24) is 4.98 Å². The largest absolute Gasteiger partial charge is 0.481 e. The lowest BCUT2D eigenvalue weighted by molar-refractivity contribution is 0.301. The minimum atomic E-state index is 0.0312. The van der Waals surface area contributed by atoms with Crippen LogP contribution in [0.5, 0.6) is 5.88 Å². The number of aromatic nitrogens is 1. The van der Waals surface area contributed by atoms with Crippen molar-refractivity contribution >= 4 is 22.5 Å². The van der Waals surface area contributed by atoms with Crippen molar-refractivity contribution in [1.29, 1.82) is 0 Å². The van der Waals surface area contributed by atoms with Crippen LogP contribution in [-0.4, -0.2) is 18.6 Å². The zero-order valence-electron chi connectivity index (χ0n) is 12.4. The Hall–Kier alpha value is -1.32. The smallest absolute Gasteiger partial charge is 0.213 e. The molecule has 0 saturated heterocycles. The highest BCUT2D eigenvalue weighted by atomic mass is 35.5. The van der Waals surface area contributed by atoms with E-state index < -0.39 is 0 Å². The summed E-state index contributed by atoms with van der Waals surface area (Å²) in [7, 11) is 1.62. The minimum absolute atomic E-state index is 0.0312. The van der Waals surface area contributed by atoms with E-state index in [2.05, 4.69) is 11.1 Å². The molecule has 21 heavy (non-hydrogen) atoms. The first-order valence-corrected chi connectivity index (χ1v) is 7.92. The van der Waals surface area contributed by atoms with Gasteiger partial charge >= 0.3 is 0 Å². The Labute approximate surface area is 130 Å². The van der Waals surface area contributed by atoms with Gasteiger partial charge in [-0.1, -0.05) is 36.9 Å². The summed E-state index contributed by atoms with van der Waals surface area (Å²) >= 11 is 6.70. The second-order valence-corrected chi connectivity index (χ2v) is 6.27. The van der Waals surface area contributed by atoms with Crippen molar-refractivity contribution in [2.45, 2.75) is 37.5 Å². The number of hydrogen-bond acceptors (Lipinski definition) is 3. The molecule has 1 aliphatic carbocycles. The summed E-state index contributed by atoms with van der Waals surface area (Å²) in [6.07, 6.45) is 6.00. The predicted octanol–water partition coefficient (Wildman–Crippen LogP) is 4.06. The maximum absolute atomic E-state index is 6.70. The van der Waals surface area contributed by atoms with E-state index in [1.165, 1.54) is 24.8 Å². The monoisotopic (exact) mass is 304 g/mol. The Kier molecular flexibility index (Phi) is 4.05. The Morgan fingerprint density at radius 2 is 1.95 bits per heavy atom. The van der Waals surface area contributed by atoms with Crippen LogP contribution < -0.4 is 10.5 Å². The van der Waals surface area contributed by atoms with Gasteiger partial charge < -0.3 is 10.5 Å². The lowest BCUT2D eigenvalue weighted by Gasteiger charge is -2.37. The van der Waals surface area contributed by atoms with Gasteiger partial charge in [0.25, 0.3) is 0 Å². The number of hydrogen-bond donors (Lipinski definition) is 1. The predicted molar refractivity (Wildman–Crippen MR) is 87.1 cm³/mol. The van der Waals surface area contributed by atoms with E-state index >= 15 is 0 Å². The molecule has 4 heteroatoms. The molecule has 0 radical (unpaired) electrons. The second-order valence-electron chi connectivity index (χ2n) is 5.89. The molecule has 1 heterocycles. The van der Waals surface area contributed by atoms with E-state index in [9.17, 15) is 0 Å². The van der Waals surface area contributed by atoms with Crippen molar-refractivity contribution in [2.75, 3.05) is 13.7 Å². The van der Waals surface area contributed by atoms with Gasteiger partial charge in [-0.05, 0) is 30.5 Å². The Morgan fingerprint density at radius 3 is 2.62 bits per heavy atom. The Morgan fingerprint density at radius 1 is 1.19 bits per heavy atom. The number of benzene rings is 1. The first kappa shape index (κ1) is 14.6. The lowest BCUT2D eigenvalue weighted by atomic mass is 9.69. The third kappa shape index (κ3) is 2.49. The van der Waals surface area contributed by atoms with Gasteiger partial charge in [0.05, 0.1) is 17.6 Å². The molecule has 2 N–H and O–H groups in total. The molecule has 0 spiro atoms. The van der Waals surface area contributed by atoms with Gasteiger partial charge in [0.1, 0.15) is 0 Å². The summed E-state index contributed by atoms with van der Waals surface area (Å²) < 4.78 is 5.18. The van der Waals surface area contributed by atoms with Crippen molar-refractivity contribution in [3.63, 3.8) is 0 Å². The molecule has 0 aliphatic heterocycles. The van der Waals surface area contributed by atoms with Gasteiger partial charge in [-0.25, -0.2) is 4.98 Å². The molecule has 1 saturated carbocycles. The number of halogens is 1. The molecular weight excluding hydrogens is 284 g/mol. The number of methoxy groups -OCH3 is 1. The second kappa shape index (κ2) is 5.82. The molecular formula is C17H21ClN2O. The summed E-state index contributed by atoms with van der Waals surface area (Å²) in [5.41, 5.74) is 8.22. The minimum Gasteiger partial charge on any atom is -0.481 e. The summed E-state index contributed by atoms with van der Waals surface area (Å²) in [4.78, 5) is 4.45. The third-order valence-corrected chi connectivity index (χ3v) is 5.17. The van der Waals surface area contributed by atoms with Gasteiger partial charge in [-0.2, -0.15) is 0 Å². The van der Waals surface area contributed by atoms with Crippen LogP contribution in [0.4, 0.5) is 0 Å². The fourth-order valence-corrected chi connectivity index (χ4v) is 3.91. The molecule has 0 bridgehead atoms. The zero-order chi connectivity index (χ0) is 14.9. The van der Waals surface area contributed by atoms with Gasteiger partial charge in [-0.3, -0.25) is 0 Å². The van der Waals surface area contributed by atoms with Crippen LogP contribution in [0.25, 0.3) is 10.9 Å². The highest BCUT2D eigenvalue weighted by molar-refractivity contribution is 6.36. The topological polar surface area (TPSA) is 48.1 Å². The Bertz CT molecular complexity index is 651. The van der Waals surface area contributed by atoms with Gasteiger partial charge in [0.2, 0.25) is 5.88 Å². The number of ether oxygens (including phenoxy) is 1. The quantitative estimate of drug-likeness (QED) is 0.930. The molecule has 1 aromatic heterocycles.